The van der Waals surface area contributed by atoms with Crippen LogP contribution in [0.15, 0.2) is 30.6 Å². The van der Waals surface area contributed by atoms with Gasteiger partial charge in [-0.1, -0.05) is 6.07 Å². The Kier molecular flexibility index (Phi) is 6.50. The Balaban J connectivity index is 1.84. The maximum absolute atomic E-state index is 9.54. The highest BCUT2D eigenvalue weighted by atomic mass is 16.5. The molecule has 3 rings (SSSR count). The van der Waals surface area contributed by atoms with Crippen LogP contribution >= 0.6 is 0 Å². The van der Waals surface area contributed by atoms with Crippen molar-refractivity contribution < 1.29 is 9.47 Å². The fourth-order valence-corrected chi connectivity index (χ4v) is 3.53. The summed E-state index contributed by atoms with van der Waals surface area (Å²) >= 11 is 0. The van der Waals surface area contributed by atoms with E-state index >= 15 is 0 Å². The molecule has 1 aromatic heterocycles. The largest absolute Gasteiger partial charge is 0.493 e. The highest BCUT2D eigenvalue weighted by Gasteiger charge is 2.16. The van der Waals surface area contributed by atoms with Gasteiger partial charge in [-0.05, 0) is 56.0 Å². The molecule has 1 saturated heterocycles. The molecule has 2 aromatic rings. The number of nitriles is 1. The number of piperidine rings is 1. The number of hydrogen-bond acceptors (Lipinski definition) is 6. The molecule has 0 saturated carbocycles. The van der Waals surface area contributed by atoms with Gasteiger partial charge in [-0.2, -0.15) is 5.26 Å². The number of nitrogens with zero attached hydrogens (tertiary/aromatic N) is 2. The van der Waals surface area contributed by atoms with Crippen LogP contribution in [0.2, 0.25) is 0 Å². The molecule has 27 heavy (non-hydrogen) atoms. The molecule has 1 aliphatic rings. The lowest BCUT2D eigenvalue weighted by atomic mass is 9.94. The van der Waals surface area contributed by atoms with E-state index in [4.69, 9.17) is 9.47 Å². The molecule has 0 amide bonds. The number of methoxy groups -OCH3 is 2. The van der Waals surface area contributed by atoms with Crippen LogP contribution in [-0.2, 0) is 0 Å². The summed E-state index contributed by atoms with van der Waals surface area (Å²) in [5, 5.41) is 16.4. The number of aromatic nitrogens is 1. The van der Waals surface area contributed by atoms with E-state index in [-0.39, 0.29) is 0 Å². The van der Waals surface area contributed by atoms with Gasteiger partial charge in [0.1, 0.15) is 6.07 Å². The minimum absolute atomic E-state index is 0.549. The number of anilines is 1. The van der Waals surface area contributed by atoms with Gasteiger partial charge in [-0.15, -0.1) is 0 Å². The van der Waals surface area contributed by atoms with E-state index in [1.807, 2.05) is 18.2 Å². The average Bonchev–Trinajstić information content (AvgIpc) is 2.74. The number of rotatable bonds is 7. The lowest BCUT2D eigenvalue weighted by molar-refractivity contribution is 0.355. The third-order valence-electron chi connectivity index (χ3n) is 5.07. The third kappa shape index (κ3) is 4.50. The number of nitrogens with one attached hydrogen (secondary N) is 2. The number of ether oxygens (including phenoxy) is 2. The Hall–Kier alpha value is -2.78. The second-order valence-corrected chi connectivity index (χ2v) is 6.70. The predicted molar refractivity (Wildman–Crippen MR) is 106 cm³/mol. The average molecular weight is 366 g/mol. The topological polar surface area (TPSA) is 79.2 Å². The van der Waals surface area contributed by atoms with Gasteiger partial charge in [0.15, 0.2) is 11.5 Å². The molecule has 0 atom stereocenters. The first-order chi connectivity index (χ1) is 13.3. The molecule has 2 heterocycles. The first-order valence-electron chi connectivity index (χ1n) is 9.32. The van der Waals surface area contributed by atoms with Crippen LogP contribution in [0.1, 0.15) is 24.8 Å². The molecule has 0 bridgehead atoms. The molecule has 0 aliphatic carbocycles. The van der Waals surface area contributed by atoms with Crippen LogP contribution in [0.3, 0.4) is 0 Å². The fourth-order valence-electron chi connectivity index (χ4n) is 3.53. The maximum Gasteiger partial charge on any atom is 0.161 e. The summed E-state index contributed by atoms with van der Waals surface area (Å²) in [5.41, 5.74) is 3.20. The zero-order valence-corrected chi connectivity index (χ0v) is 15.9. The highest BCUT2D eigenvalue weighted by Crippen LogP contribution is 2.36. The van der Waals surface area contributed by atoms with E-state index in [0.29, 0.717) is 17.1 Å². The van der Waals surface area contributed by atoms with Crippen LogP contribution < -0.4 is 20.1 Å². The molecule has 1 fully saturated rings. The van der Waals surface area contributed by atoms with Crippen molar-refractivity contribution in [3.63, 3.8) is 0 Å². The number of pyridine rings is 1. The summed E-state index contributed by atoms with van der Waals surface area (Å²) in [6, 6.07) is 7.99. The number of hydrogen-bond donors (Lipinski definition) is 2. The number of benzene rings is 1. The molecule has 142 valence electrons. The molecule has 2 N–H and O–H groups in total. The highest BCUT2D eigenvalue weighted by molar-refractivity contribution is 5.82. The van der Waals surface area contributed by atoms with Crippen molar-refractivity contribution in [2.24, 2.45) is 5.92 Å². The molecule has 1 aromatic carbocycles. The Morgan fingerprint density at radius 1 is 1.19 bits per heavy atom. The van der Waals surface area contributed by atoms with Crippen molar-refractivity contribution in [1.82, 2.24) is 10.3 Å². The normalized spacial score (nSPS) is 14.4. The third-order valence-corrected chi connectivity index (χ3v) is 5.07. The van der Waals surface area contributed by atoms with Crippen molar-refractivity contribution in [3.8, 4) is 28.7 Å². The predicted octanol–water partition coefficient (Wildman–Crippen LogP) is 3.44. The van der Waals surface area contributed by atoms with E-state index < -0.39 is 0 Å². The van der Waals surface area contributed by atoms with Crippen LogP contribution in [0.4, 0.5) is 5.69 Å². The Morgan fingerprint density at radius 2 is 1.96 bits per heavy atom. The molecular formula is C21H26N4O2. The van der Waals surface area contributed by atoms with E-state index in [2.05, 4.69) is 21.7 Å². The molecular weight excluding hydrogens is 340 g/mol. The zero-order valence-electron chi connectivity index (χ0n) is 15.9. The summed E-state index contributed by atoms with van der Waals surface area (Å²) in [7, 11) is 3.23. The molecule has 0 spiro atoms. The van der Waals surface area contributed by atoms with Gasteiger partial charge in [-0.3, -0.25) is 4.98 Å². The zero-order chi connectivity index (χ0) is 19.1. The van der Waals surface area contributed by atoms with Crippen molar-refractivity contribution in [2.75, 3.05) is 39.2 Å². The summed E-state index contributed by atoms with van der Waals surface area (Å²) in [5.74, 6) is 2.06. The van der Waals surface area contributed by atoms with E-state index in [0.717, 1.165) is 48.8 Å². The smallest absolute Gasteiger partial charge is 0.161 e. The van der Waals surface area contributed by atoms with E-state index in [1.165, 1.54) is 12.8 Å². The first kappa shape index (κ1) is 19.0. The fraction of sp³-hybridized carbons (Fsp3) is 0.429. The Bertz CT molecular complexity index is 810. The van der Waals surface area contributed by atoms with Crippen molar-refractivity contribution >= 4 is 5.69 Å². The minimum atomic E-state index is 0.549. The van der Waals surface area contributed by atoms with Gasteiger partial charge in [0.05, 0.1) is 25.5 Å². The second-order valence-electron chi connectivity index (χ2n) is 6.70. The monoisotopic (exact) mass is 366 g/mol. The lowest BCUT2D eigenvalue weighted by Gasteiger charge is -2.23. The van der Waals surface area contributed by atoms with Crippen LogP contribution in [-0.4, -0.2) is 38.8 Å². The van der Waals surface area contributed by atoms with Crippen LogP contribution in [0.25, 0.3) is 11.1 Å². The van der Waals surface area contributed by atoms with Gasteiger partial charge in [0.25, 0.3) is 0 Å². The standard InChI is InChI=1S/C21H26N4O2/c1-26-19-4-3-16(11-20(19)27-2)18-14-24-13-17(12-22)21(18)25-10-7-15-5-8-23-9-6-15/h3-4,11,13-15,23H,5-10H2,1-2H3,(H,24,25). The molecule has 0 radical (unpaired) electrons. The van der Waals surface area contributed by atoms with Gasteiger partial charge in [0, 0.05) is 24.5 Å². The Morgan fingerprint density at radius 3 is 2.67 bits per heavy atom. The van der Waals surface area contributed by atoms with Crippen LogP contribution in [0.5, 0.6) is 11.5 Å². The van der Waals surface area contributed by atoms with E-state index in [9.17, 15) is 5.26 Å². The summed E-state index contributed by atoms with van der Waals surface area (Å²) in [4.78, 5) is 4.25. The maximum atomic E-state index is 9.54. The lowest BCUT2D eigenvalue weighted by Crippen LogP contribution is -2.28. The summed E-state index contributed by atoms with van der Waals surface area (Å²) in [6.45, 7) is 3.03. The SMILES string of the molecule is COc1ccc(-c2cncc(C#N)c2NCCC2CCNCC2)cc1OC. The van der Waals surface area contributed by atoms with Gasteiger partial charge < -0.3 is 20.1 Å². The summed E-state index contributed by atoms with van der Waals surface area (Å²) in [6.07, 6.45) is 6.92. The molecule has 6 heteroatoms. The van der Waals surface area contributed by atoms with Crippen molar-refractivity contribution in [2.45, 2.75) is 19.3 Å². The van der Waals surface area contributed by atoms with Crippen molar-refractivity contribution in [3.05, 3.63) is 36.2 Å². The Labute approximate surface area is 160 Å². The summed E-state index contributed by atoms with van der Waals surface area (Å²) < 4.78 is 10.7. The second kappa shape index (κ2) is 9.24. The quantitative estimate of drug-likeness (QED) is 0.781. The molecule has 1 aliphatic heterocycles. The van der Waals surface area contributed by atoms with Gasteiger partial charge in [-0.25, -0.2) is 0 Å². The van der Waals surface area contributed by atoms with Crippen molar-refractivity contribution in [1.29, 1.82) is 5.26 Å². The minimum Gasteiger partial charge on any atom is -0.493 e. The van der Waals surface area contributed by atoms with Crippen LogP contribution in [0, 0.1) is 17.2 Å². The van der Waals surface area contributed by atoms with Gasteiger partial charge in [0.2, 0.25) is 0 Å². The van der Waals surface area contributed by atoms with Gasteiger partial charge >= 0.3 is 0 Å². The molecule has 6 nitrogen and oxygen atoms in total. The van der Waals surface area contributed by atoms with E-state index in [1.54, 1.807) is 26.6 Å². The molecule has 0 unspecified atom stereocenters. The first-order valence-corrected chi connectivity index (χ1v) is 9.32.